The van der Waals surface area contributed by atoms with Gasteiger partial charge in [0, 0.05) is 30.0 Å². The molecule has 27 heavy (non-hydrogen) atoms. The SMILES string of the molecule is O=S(=O)(c1cccs1)N1CCC(c2nc(-c3ccc(Cl)c(Cl)c3)cs2)CC1. The van der Waals surface area contributed by atoms with Crippen molar-refractivity contribution in [3.05, 3.63) is 56.1 Å². The maximum Gasteiger partial charge on any atom is 0.252 e. The molecule has 2 aromatic heterocycles. The van der Waals surface area contributed by atoms with E-state index in [2.05, 4.69) is 0 Å². The first-order valence-electron chi connectivity index (χ1n) is 8.39. The quantitative estimate of drug-likeness (QED) is 0.500. The molecule has 0 unspecified atom stereocenters. The molecule has 4 nitrogen and oxygen atoms in total. The van der Waals surface area contributed by atoms with E-state index in [4.69, 9.17) is 28.2 Å². The zero-order valence-electron chi connectivity index (χ0n) is 14.1. The lowest BCUT2D eigenvalue weighted by molar-refractivity contribution is 0.320. The molecule has 9 heteroatoms. The highest BCUT2D eigenvalue weighted by Gasteiger charge is 2.31. The average molecular weight is 459 g/mol. The Balaban J connectivity index is 1.46. The third-order valence-electron chi connectivity index (χ3n) is 4.63. The van der Waals surface area contributed by atoms with Crippen LogP contribution in [0.5, 0.6) is 0 Å². The summed E-state index contributed by atoms with van der Waals surface area (Å²) in [5.41, 5.74) is 1.81. The van der Waals surface area contributed by atoms with Crippen LogP contribution in [0, 0.1) is 0 Å². The molecule has 0 radical (unpaired) electrons. The molecular weight excluding hydrogens is 443 g/mol. The van der Waals surface area contributed by atoms with Crippen molar-refractivity contribution in [2.45, 2.75) is 23.0 Å². The fourth-order valence-corrected chi connectivity index (χ4v) is 7.06. The lowest BCUT2D eigenvalue weighted by Gasteiger charge is -2.29. The largest absolute Gasteiger partial charge is 0.252 e. The summed E-state index contributed by atoms with van der Waals surface area (Å²) >= 11 is 15.0. The number of piperidine rings is 1. The molecule has 1 saturated heterocycles. The summed E-state index contributed by atoms with van der Waals surface area (Å²) in [6.07, 6.45) is 1.55. The first-order valence-corrected chi connectivity index (χ1v) is 12.3. The Hall–Kier alpha value is -0.960. The Morgan fingerprint density at radius 3 is 2.52 bits per heavy atom. The molecule has 0 atom stereocenters. The van der Waals surface area contributed by atoms with Gasteiger partial charge in [0.15, 0.2) is 0 Å². The summed E-state index contributed by atoms with van der Waals surface area (Å²) in [6.45, 7) is 1.04. The van der Waals surface area contributed by atoms with Gasteiger partial charge in [0.2, 0.25) is 0 Å². The van der Waals surface area contributed by atoms with Crippen LogP contribution in [0.25, 0.3) is 11.3 Å². The summed E-state index contributed by atoms with van der Waals surface area (Å²) in [4.78, 5) is 4.76. The van der Waals surface area contributed by atoms with Crippen LogP contribution in [0.2, 0.25) is 10.0 Å². The molecule has 0 spiro atoms. The minimum atomic E-state index is -3.36. The smallest absolute Gasteiger partial charge is 0.241 e. The molecule has 3 heterocycles. The molecule has 0 aliphatic carbocycles. The van der Waals surface area contributed by atoms with Crippen molar-refractivity contribution in [1.29, 1.82) is 0 Å². The predicted octanol–water partition coefficient (Wildman–Crippen LogP) is 5.75. The Morgan fingerprint density at radius 1 is 1.07 bits per heavy atom. The molecule has 1 aliphatic rings. The van der Waals surface area contributed by atoms with E-state index in [9.17, 15) is 8.42 Å². The minimum Gasteiger partial charge on any atom is -0.241 e. The highest BCUT2D eigenvalue weighted by Crippen LogP contribution is 2.36. The van der Waals surface area contributed by atoms with E-state index in [-0.39, 0.29) is 5.92 Å². The second-order valence-corrected chi connectivity index (χ2v) is 11.1. The number of nitrogens with zero attached hydrogens (tertiary/aromatic N) is 2. The molecule has 1 aliphatic heterocycles. The number of benzene rings is 1. The molecule has 0 bridgehead atoms. The van der Waals surface area contributed by atoms with Crippen molar-refractivity contribution in [2.75, 3.05) is 13.1 Å². The Kier molecular flexibility index (Phi) is 5.60. The number of thiophene rings is 1. The lowest BCUT2D eigenvalue weighted by Crippen LogP contribution is -2.37. The highest BCUT2D eigenvalue weighted by molar-refractivity contribution is 7.91. The standard InChI is InChI=1S/C18H16Cl2N2O2S3/c19-14-4-3-13(10-15(14)20)16-11-26-18(21-16)12-5-7-22(8-6-12)27(23,24)17-2-1-9-25-17/h1-4,9-12H,5-8H2. The van der Waals surface area contributed by atoms with E-state index >= 15 is 0 Å². The first-order chi connectivity index (χ1) is 12.9. The monoisotopic (exact) mass is 458 g/mol. The summed E-state index contributed by atoms with van der Waals surface area (Å²) < 4.78 is 27.3. The van der Waals surface area contributed by atoms with Crippen LogP contribution in [0.4, 0.5) is 0 Å². The van der Waals surface area contributed by atoms with Crippen molar-refractivity contribution in [3.63, 3.8) is 0 Å². The average Bonchev–Trinajstić information content (AvgIpc) is 3.36. The zero-order valence-corrected chi connectivity index (χ0v) is 18.1. The predicted molar refractivity (Wildman–Crippen MR) is 113 cm³/mol. The molecule has 1 fully saturated rings. The van der Waals surface area contributed by atoms with Gasteiger partial charge in [0.05, 0.1) is 20.7 Å². The topological polar surface area (TPSA) is 50.3 Å². The van der Waals surface area contributed by atoms with Gasteiger partial charge in [-0.25, -0.2) is 13.4 Å². The first kappa shape index (κ1) is 19.4. The van der Waals surface area contributed by atoms with Gasteiger partial charge >= 0.3 is 0 Å². The molecule has 0 N–H and O–H groups in total. The maximum atomic E-state index is 12.6. The number of aromatic nitrogens is 1. The molecule has 142 valence electrons. The Bertz CT molecular complexity index is 1040. The Morgan fingerprint density at radius 2 is 1.85 bits per heavy atom. The van der Waals surface area contributed by atoms with E-state index in [0.29, 0.717) is 27.3 Å². The van der Waals surface area contributed by atoms with Gasteiger partial charge < -0.3 is 0 Å². The molecule has 0 amide bonds. The van der Waals surface area contributed by atoms with Crippen molar-refractivity contribution in [3.8, 4) is 11.3 Å². The van der Waals surface area contributed by atoms with Crippen LogP contribution in [0.1, 0.15) is 23.8 Å². The van der Waals surface area contributed by atoms with Gasteiger partial charge in [-0.05, 0) is 36.4 Å². The number of hydrogen-bond acceptors (Lipinski definition) is 5. The van der Waals surface area contributed by atoms with E-state index in [1.807, 2.05) is 17.5 Å². The third-order valence-corrected chi connectivity index (χ3v) is 9.65. The van der Waals surface area contributed by atoms with Crippen LogP contribution < -0.4 is 0 Å². The zero-order chi connectivity index (χ0) is 19.0. The molecular formula is C18H16Cl2N2O2S3. The fourth-order valence-electron chi connectivity index (χ4n) is 3.14. The van der Waals surface area contributed by atoms with Crippen LogP contribution in [-0.2, 0) is 10.0 Å². The van der Waals surface area contributed by atoms with Crippen molar-refractivity contribution < 1.29 is 8.42 Å². The van der Waals surface area contributed by atoms with Crippen molar-refractivity contribution >= 4 is 55.9 Å². The number of thiazole rings is 1. The summed E-state index contributed by atoms with van der Waals surface area (Å²) in [7, 11) is -3.36. The van der Waals surface area contributed by atoms with Crippen LogP contribution in [0.15, 0.2) is 45.3 Å². The van der Waals surface area contributed by atoms with Crippen LogP contribution >= 0.6 is 45.9 Å². The lowest BCUT2D eigenvalue weighted by atomic mass is 9.99. The second kappa shape index (κ2) is 7.81. The van der Waals surface area contributed by atoms with Gasteiger partial charge in [-0.15, -0.1) is 22.7 Å². The van der Waals surface area contributed by atoms with E-state index < -0.39 is 10.0 Å². The van der Waals surface area contributed by atoms with E-state index in [0.717, 1.165) is 29.1 Å². The number of rotatable bonds is 4. The molecule has 3 aromatic rings. The van der Waals surface area contributed by atoms with Crippen LogP contribution in [0.3, 0.4) is 0 Å². The van der Waals surface area contributed by atoms with Gasteiger partial charge in [-0.2, -0.15) is 4.31 Å². The van der Waals surface area contributed by atoms with Gasteiger partial charge in [-0.1, -0.05) is 35.3 Å². The van der Waals surface area contributed by atoms with Crippen LogP contribution in [-0.4, -0.2) is 30.8 Å². The highest BCUT2D eigenvalue weighted by atomic mass is 35.5. The van der Waals surface area contributed by atoms with E-state index in [1.165, 1.54) is 11.3 Å². The number of hydrogen-bond donors (Lipinski definition) is 0. The number of halogens is 2. The second-order valence-electron chi connectivity index (χ2n) is 6.31. The summed E-state index contributed by atoms with van der Waals surface area (Å²) in [5.74, 6) is 0.279. The third kappa shape index (κ3) is 3.95. The van der Waals surface area contributed by atoms with Crippen molar-refractivity contribution in [2.24, 2.45) is 0 Å². The molecule has 1 aromatic carbocycles. The van der Waals surface area contributed by atoms with E-state index in [1.54, 1.807) is 39.2 Å². The summed E-state index contributed by atoms with van der Waals surface area (Å²) in [5, 5.41) is 5.89. The minimum absolute atomic E-state index is 0.279. The maximum absolute atomic E-state index is 12.6. The fraction of sp³-hybridized carbons (Fsp3) is 0.278. The molecule has 4 rings (SSSR count). The molecule has 0 saturated carbocycles. The Labute approximate surface area is 176 Å². The van der Waals surface area contributed by atoms with Gasteiger partial charge in [-0.3, -0.25) is 0 Å². The van der Waals surface area contributed by atoms with Crippen molar-refractivity contribution in [1.82, 2.24) is 9.29 Å². The normalized spacial score (nSPS) is 16.7. The van der Waals surface area contributed by atoms with Gasteiger partial charge in [0.25, 0.3) is 10.0 Å². The number of sulfonamides is 1. The van der Waals surface area contributed by atoms with Gasteiger partial charge in [0.1, 0.15) is 4.21 Å². The summed E-state index contributed by atoms with van der Waals surface area (Å²) in [6, 6.07) is 8.93.